The minimum atomic E-state index is -0.859. The summed E-state index contributed by atoms with van der Waals surface area (Å²) in [4.78, 5) is 12.5. The molecule has 23 heavy (non-hydrogen) atoms. The van der Waals surface area contributed by atoms with Crippen LogP contribution in [0, 0.1) is 28.6 Å². The number of aliphatic hydroxyl groups is 3. The highest BCUT2D eigenvalue weighted by molar-refractivity contribution is 5.91. The molecule has 128 valence electrons. The summed E-state index contributed by atoms with van der Waals surface area (Å²) in [5.74, 6) is 0.499. The maximum absolute atomic E-state index is 12.5. The van der Waals surface area contributed by atoms with Crippen molar-refractivity contribution in [3.8, 4) is 0 Å². The lowest BCUT2D eigenvalue weighted by Gasteiger charge is -2.58. The molecule has 0 heterocycles. The van der Waals surface area contributed by atoms with E-state index >= 15 is 0 Å². The lowest BCUT2D eigenvalue weighted by Crippen LogP contribution is -2.56. The van der Waals surface area contributed by atoms with E-state index in [-0.39, 0.29) is 35.1 Å². The zero-order valence-corrected chi connectivity index (χ0v) is 14.0. The first-order valence-electron chi connectivity index (χ1n) is 9.05. The lowest BCUT2D eigenvalue weighted by molar-refractivity contribution is -0.147. The molecule has 3 fully saturated rings. The summed E-state index contributed by atoms with van der Waals surface area (Å²) in [5, 5.41) is 31.1. The van der Waals surface area contributed by atoms with Gasteiger partial charge in [0, 0.05) is 5.41 Å². The average molecular weight is 320 g/mol. The Morgan fingerprint density at radius 3 is 2.65 bits per heavy atom. The van der Waals surface area contributed by atoms with E-state index in [0.29, 0.717) is 12.8 Å². The number of Topliss-reactive ketones (excluding diaryl/α,β-unsaturated/α-hetero) is 1. The summed E-state index contributed by atoms with van der Waals surface area (Å²) in [5.41, 5.74) is 0.653. The molecule has 4 aliphatic carbocycles. The number of aliphatic hydroxyl groups excluding tert-OH is 3. The second-order valence-corrected chi connectivity index (χ2v) is 8.88. The van der Waals surface area contributed by atoms with Crippen molar-refractivity contribution >= 4 is 5.78 Å². The number of carbonyl (C=O) groups excluding carboxylic acids is 1. The van der Waals surface area contributed by atoms with Gasteiger partial charge < -0.3 is 15.3 Å². The summed E-state index contributed by atoms with van der Waals surface area (Å²) in [6.07, 6.45) is 4.93. The van der Waals surface area contributed by atoms with Gasteiger partial charge in [-0.1, -0.05) is 25.5 Å². The molecule has 3 unspecified atom stereocenters. The van der Waals surface area contributed by atoms with Crippen molar-refractivity contribution in [2.24, 2.45) is 28.6 Å². The second-order valence-electron chi connectivity index (χ2n) is 8.88. The van der Waals surface area contributed by atoms with Crippen LogP contribution in [0.15, 0.2) is 11.6 Å². The highest BCUT2D eigenvalue weighted by atomic mass is 16.3. The van der Waals surface area contributed by atoms with Crippen LogP contribution in [0.4, 0.5) is 0 Å². The molecule has 0 bridgehead atoms. The van der Waals surface area contributed by atoms with Gasteiger partial charge in [0.05, 0.1) is 12.2 Å². The zero-order valence-electron chi connectivity index (χ0n) is 14.0. The van der Waals surface area contributed by atoms with Crippen LogP contribution in [-0.4, -0.2) is 39.4 Å². The Balaban J connectivity index is 1.75. The Morgan fingerprint density at radius 1 is 1.17 bits per heavy atom. The molecule has 0 aromatic rings. The van der Waals surface area contributed by atoms with Crippen LogP contribution >= 0.6 is 0 Å². The summed E-state index contributed by atoms with van der Waals surface area (Å²) in [7, 11) is 0. The van der Waals surface area contributed by atoms with E-state index in [4.69, 9.17) is 0 Å². The minimum Gasteiger partial charge on any atom is -0.393 e. The molecular formula is C19H28O4. The van der Waals surface area contributed by atoms with E-state index in [1.54, 1.807) is 0 Å². The highest BCUT2D eigenvalue weighted by Gasteiger charge is 2.63. The molecule has 4 heteroatoms. The van der Waals surface area contributed by atoms with Crippen LogP contribution < -0.4 is 0 Å². The van der Waals surface area contributed by atoms with E-state index in [2.05, 4.69) is 13.0 Å². The quantitative estimate of drug-likeness (QED) is 0.595. The normalized spacial score (nSPS) is 55.7. The molecule has 0 aromatic carbocycles. The minimum absolute atomic E-state index is 0.0700. The third kappa shape index (κ3) is 1.98. The maximum atomic E-state index is 12.5. The van der Waals surface area contributed by atoms with Crippen molar-refractivity contribution in [1.29, 1.82) is 0 Å². The SMILES string of the molecule is C[C@]12CCC(O)CC1=CC[C@@H]1[C@H]2C(O)C[C@]2(C)C(=O)C(O)C[C@@H]12. The third-order valence-electron chi connectivity index (χ3n) is 7.75. The van der Waals surface area contributed by atoms with Crippen molar-refractivity contribution in [3.05, 3.63) is 11.6 Å². The Labute approximate surface area is 137 Å². The zero-order chi connectivity index (χ0) is 16.6. The van der Waals surface area contributed by atoms with E-state index in [0.717, 1.165) is 25.7 Å². The van der Waals surface area contributed by atoms with E-state index in [1.807, 2.05) is 6.92 Å². The van der Waals surface area contributed by atoms with Crippen LogP contribution in [0.2, 0.25) is 0 Å². The summed E-state index contributed by atoms with van der Waals surface area (Å²) >= 11 is 0. The highest BCUT2D eigenvalue weighted by Crippen LogP contribution is 2.63. The van der Waals surface area contributed by atoms with Gasteiger partial charge in [0.1, 0.15) is 6.10 Å². The van der Waals surface area contributed by atoms with Crippen molar-refractivity contribution in [3.63, 3.8) is 0 Å². The van der Waals surface area contributed by atoms with Crippen molar-refractivity contribution < 1.29 is 20.1 Å². The second kappa shape index (κ2) is 4.90. The Kier molecular flexibility index (Phi) is 3.37. The van der Waals surface area contributed by atoms with Crippen molar-refractivity contribution in [2.75, 3.05) is 0 Å². The Morgan fingerprint density at radius 2 is 1.91 bits per heavy atom. The molecule has 0 radical (unpaired) electrons. The fourth-order valence-corrected chi connectivity index (χ4v) is 6.57. The maximum Gasteiger partial charge on any atom is 0.167 e. The van der Waals surface area contributed by atoms with Gasteiger partial charge in [-0.25, -0.2) is 0 Å². The van der Waals surface area contributed by atoms with E-state index < -0.39 is 17.6 Å². The molecule has 3 N–H and O–H groups in total. The molecule has 0 aromatic heterocycles. The van der Waals surface area contributed by atoms with Gasteiger partial charge in [0.2, 0.25) is 0 Å². The number of allylic oxidation sites excluding steroid dienone is 1. The largest absolute Gasteiger partial charge is 0.393 e. The van der Waals surface area contributed by atoms with Gasteiger partial charge in [-0.05, 0) is 61.7 Å². The first-order chi connectivity index (χ1) is 10.8. The molecule has 0 amide bonds. The predicted octanol–water partition coefficient (Wildman–Crippen LogP) is 1.82. The Hall–Kier alpha value is -0.710. The van der Waals surface area contributed by atoms with E-state index in [1.165, 1.54) is 5.57 Å². The lowest BCUT2D eigenvalue weighted by atomic mass is 9.47. The Bertz CT molecular complexity index is 570. The monoisotopic (exact) mass is 320 g/mol. The number of rotatable bonds is 0. The fourth-order valence-electron chi connectivity index (χ4n) is 6.57. The molecule has 4 rings (SSSR count). The number of ketones is 1. The standard InChI is InChI=1S/C19H28O4/c1-18-6-5-11(20)7-10(18)3-4-12-13-8-14(21)17(23)19(13,2)9-15(22)16(12)18/h3,11-16,20-22H,4-9H2,1-2H3/t11?,12-,13-,14?,15?,16-,18-,19-/m0/s1. The van der Waals surface area contributed by atoms with Gasteiger partial charge in [0.25, 0.3) is 0 Å². The molecular weight excluding hydrogens is 292 g/mol. The van der Waals surface area contributed by atoms with Crippen LogP contribution in [0.3, 0.4) is 0 Å². The number of fused-ring (bicyclic) bond motifs is 5. The predicted molar refractivity (Wildman–Crippen MR) is 85.5 cm³/mol. The first-order valence-corrected chi connectivity index (χ1v) is 9.05. The first kappa shape index (κ1) is 15.8. The summed E-state index contributed by atoms with van der Waals surface area (Å²) in [6.45, 7) is 4.18. The van der Waals surface area contributed by atoms with Crippen molar-refractivity contribution in [2.45, 2.75) is 70.7 Å². The van der Waals surface area contributed by atoms with Crippen molar-refractivity contribution in [1.82, 2.24) is 0 Å². The van der Waals surface area contributed by atoms with Gasteiger partial charge in [0.15, 0.2) is 5.78 Å². The molecule has 0 saturated heterocycles. The van der Waals surface area contributed by atoms with Gasteiger partial charge in [-0.3, -0.25) is 4.79 Å². The van der Waals surface area contributed by atoms with E-state index in [9.17, 15) is 20.1 Å². The molecule has 3 saturated carbocycles. The molecule has 4 nitrogen and oxygen atoms in total. The number of hydrogen-bond acceptors (Lipinski definition) is 4. The number of hydrogen-bond donors (Lipinski definition) is 3. The molecule has 0 aliphatic heterocycles. The van der Waals surface area contributed by atoms with Gasteiger partial charge in [-0.15, -0.1) is 0 Å². The summed E-state index contributed by atoms with van der Waals surface area (Å²) < 4.78 is 0. The topological polar surface area (TPSA) is 77.8 Å². The van der Waals surface area contributed by atoms with Crippen LogP contribution in [0.1, 0.15) is 52.4 Å². The third-order valence-corrected chi connectivity index (χ3v) is 7.75. The number of carbonyl (C=O) groups is 1. The van der Waals surface area contributed by atoms with Crippen LogP contribution in [0.5, 0.6) is 0 Å². The molecule has 4 aliphatic rings. The van der Waals surface area contributed by atoms with Gasteiger partial charge in [-0.2, -0.15) is 0 Å². The fraction of sp³-hybridized carbons (Fsp3) is 0.842. The summed E-state index contributed by atoms with van der Waals surface area (Å²) in [6, 6.07) is 0. The average Bonchev–Trinajstić information content (AvgIpc) is 2.71. The van der Waals surface area contributed by atoms with Crippen LogP contribution in [-0.2, 0) is 4.79 Å². The molecule has 8 atom stereocenters. The van der Waals surface area contributed by atoms with Gasteiger partial charge >= 0.3 is 0 Å². The van der Waals surface area contributed by atoms with Crippen LogP contribution in [0.25, 0.3) is 0 Å². The molecule has 0 spiro atoms. The smallest absolute Gasteiger partial charge is 0.167 e.